The average Bonchev–Trinajstić information content (AvgIpc) is 3.33. The second-order valence-corrected chi connectivity index (χ2v) is 7.07. The number of amides is 2. The van der Waals surface area contributed by atoms with Gasteiger partial charge < -0.3 is 14.3 Å². The molecular weight excluding hydrogens is 372 g/mol. The van der Waals surface area contributed by atoms with Gasteiger partial charge in [-0.3, -0.25) is 14.3 Å². The number of piperazine rings is 1. The third-order valence-electron chi connectivity index (χ3n) is 4.93. The molecule has 1 aliphatic rings. The molecule has 0 spiro atoms. The third kappa shape index (κ3) is 4.03. The summed E-state index contributed by atoms with van der Waals surface area (Å²) in [5, 5.41) is 7.99. The standard InChI is InChI=1S/C20H22N6O3/c1-14-21-18(29-23-14)12-17-20(28)25(13-15-6-4-3-5-7-15)10-11-26(17)19(27)16-8-9-24(2)22-16/h3-9,17H,10-13H2,1-2H3. The van der Waals surface area contributed by atoms with Crippen LogP contribution in [0.1, 0.15) is 27.8 Å². The van der Waals surface area contributed by atoms with Crippen LogP contribution in [0.3, 0.4) is 0 Å². The quantitative estimate of drug-likeness (QED) is 0.645. The number of aromatic nitrogens is 4. The highest BCUT2D eigenvalue weighted by atomic mass is 16.5. The lowest BCUT2D eigenvalue weighted by Crippen LogP contribution is -2.59. The van der Waals surface area contributed by atoms with Crippen molar-refractivity contribution in [3.05, 3.63) is 65.6 Å². The van der Waals surface area contributed by atoms with Gasteiger partial charge in [-0.1, -0.05) is 35.5 Å². The highest BCUT2D eigenvalue weighted by molar-refractivity contribution is 5.96. The minimum absolute atomic E-state index is 0.139. The summed E-state index contributed by atoms with van der Waals surface area (Å²) in [4.78, 5) is 33.9. The van der Waals surface area contributed by atoms with Gasteiger partial charge in [0, 0.05) is 32.9 Å². The number of aryl methyl sites for hydroxylation is 2. The van der Waals surface area contributed by atoms with Gasteiger partial charge in [-0.25, -0.2) is 0 Å². The first-order valence-electron chi connectivity index (χ1n) is 9.44. The van der Waals surface area contributed by atoms with Crippen molar-refractivity contribution < 1.29 is 14.1 Å². The lowest BCUT2D eigenvalue weighted by Gasteiger charge is -2.40. The Kier molecular flexibility index (Phi) is 5.11. The van der Waals surface area contributed by atoms with Crippen molar-refractivity contribution in [1.82, 2.24) is 29.7 Å². The molecule has 1 unspecified atom stereocenters. The van der Waals surface area contributed by atoms with Crippen molar-refractivity contribution >= 4 is 11.8 Å². The molecule has 0 saturated carbocycles. The molecule has 0 bridgehead atoms. The molecule has 1 atom stereocenters. The Labute approximate surface area is 167 Å². The molecular formula is C20H22N6O3. The summed E-state index contributed by atoms with van der Waals surface area (Å²) in [6, 6.07) is 10.7. The minimum Gasteiger partial charge on any atom is -0.339 e. The zero-order chi connectivity index (χ0) is 20.4. The molecule has 4 rings (SSSR count). The van der Waals surface area contributed by atoms with Crippen LogP contribution in [-0.2, 0) is 24.8 Å². The summed E-state index contributed by atoms with van der Waals surface area (Å²) < 4.78 is 6.78. The molecule has 0 N–H and O–H groups in total. The lowest BCUT2D eigenvalue weighted by molar-refractivity contribution is -0.141. The fourth-order valence-electron chi connectivity index (χ4n) is 3.50. The van der Waals surface area contributed by atoms with Crippen molar-refractivity contribution in [2.75, 3.05) is 13.1 Å². The van der Waals surface area contributed by atoms with Gasteiger partial charge in [-0.2, -0.15) is 10.1 Å². The van der Waals surface area contributed by atoms with E-state index in [1.165, 1.54) is 0 Å². The van der Waals surface area contributed by atoms with Crippen LogP contribution in [0.15, 0.2) is 47.1 Å². The van der Waals surface area contributed by atoms with E-state index < -0.39 is 6.04 Å². The van der Waals surface area contributed by atoms with Crippen molar-refractivity contribution in [2.24, 2.45) is 7.05 Å². The van der Waals surface area contributed by atoms with Gasteiger partial charge in [0.25, 0.3) is 5.91 Å². The average molecular weight is 394 g/mol. The van der Waals surface area contributed by atoms with Gasteiger partial charge >= 0.3 is 0 Å². The largest absolute Gasteiger partial charge is 0.339 e. The van der Waals surface area contributed by atoms with Crippen molar-refractivity contribution in [1.29, 1.82) is 0 Å². The molecule has 0 radical (unpaired) electrons. The number of nitrogens with zero attached hydrogens (tertiary/aromatic N) is 6. The Bertz CT molecular complexity index is 1010. The summed E-state index contributed by atoms with van der Waals surface area (Å²) in [7, 11) is 1.75. The normalized spacial score (nSPS) is 17.0. The van der Waals surface area contributed by atoms with Crippen molar-refractivity contribution in [3.8, 4) is 0 Å². The molecule has 1 aromatic carbocycles. The minimum atomic E-state index is -0.721. The highest BCUT2D eigenvalue weighted by Gasteiger charge is 2.39. The number of carbonyl (C=O) groups is 2. The van der Waals surface area contributed by atoms with Crippen LogP contribution in [0, 0.1) is 6.92 Å². The van der Waals surface area contributed by atoms with Gasteiger partial charge in [0.05, 0.1) is 6.42 Å². The molecule has 1 saturated heterocycles. The van der Waals surface area contributed by atoms with E-state index in [-0.39, 0.29) is 18.2 Å². The third-order valence-corrected chi connectivity index (χ3v) is 4.93. The van der Waals surface area contributed by atoms with E-state index in [1.807, 2.05) is 30.3 Å². The lowest BCUT2D eigenvalue weighted by atomic mass is 10.1. The molecule has 0 aliphatic carbocycles. The maximum Gasteiger partial charge on any atom is 0.275 e. The first kappa shape index (κ1) is 18.9. The fourth-order valence-corrected chi connectivity index (χ4v) is 3.50. The Balaban J connectivity index is 1.59. The zero-order valence-electron chi connectivity index (χ0n) is 16.4. The molecule has 3 heterocycles. The van der Waals surface area contributed by atoms with Crippen LogP contribution < -0.4 is 0 Å². The van der Waals surface area contributed by atoms with E-state index in [4.69, 9.17) is 4.52 Å². The van der Waals surface area contributed by atoms with E-state index in [0.29, 0.717) is 37.0 Å². The van der Waals surface area contributed by atoms with E-state index in [9.17, 15) is 9.59 Å². The van der Waals surface area contributed by atoms with Gasteiger partial charge in [-0.15, -0.1) is 0 Å². The van der Waals surface area contributed by atoms with E-state index in [1.54, 1.807) is 40.7 Å². The van der Waals surface area contributed by atoms with Crippen LogP contribution in [0.25, 0.3) is 0 Å². The second kappa shape index (κ2) is 7.86. The van der Waals surface area contributed by atoms with Crippen molar-refractivity contribution in [3.63, 3.8) is 0 Å². The Hall–Kier alpha value is -3.49. The fraction of sp³-hybridized carbons (Fsp3) is 0.350. The summed E-state index contributed by atoms with van der Waals surface area (Å²) in [5.41, 5.74) is 1.35. The van der Waals surface area contributed by atoms with Crippen LogP contribution in [0.2, 0.25) is 0 Å². The summed E-state index contributed by atoms with van der Waals surface area (Å²) in [5.74, 6) is 0.410. The van der Waals surface area contributed by atoms with Crippen LogP contribution >= 0.6 is 0 Å². The Morgan fingerprint density at radius 3 is 2.66 bits per heavy atom. The van der Waals surface area contributed by atoms with E-state index >= 15 is 0 Å². The van der Waals surface area contributed by atoms with Crippen LogP contribution in [0.5, 0.6) is 0 Å². The zero-order valence-corrected chi connectivity index (χ0v) is 16.4. The highest BCUT2D eigenvalue weighted by Crippen LogP contribution is 2.20. The second-order valence-electron chi connectivity index (χ2n) is 7.07. The van der Waals surface area contributed by atoms with Crippen LogP contribution in [0.4, 0.5) is 0 Å². The predicted molar refractivity (Wildman–Crippen MR) is 103 cm³/mol. The summed E-state index contributed by atoms with van der Waals surface area (Å²) in [6.45, 7) is 3.07. The smallest absolute Gasteiger partial charge is 0.275 e. The number of carbonyl (C=O) groups excluding carboxylic acids is 2. The molecule has 9 nitrogen and oxygen atoms in total. The van der Waals surface area contributed by atoms with Gasteiger partial charge in [0.2, 0.25) is 11.8 Å². The summed E-state index contributed by atoms with van der Waals surface area (Å²) >= 11 is 0. The molecule has 2 aromatic heterocycles. The Morgan fingerprint density at radius 2 is 2.00 bits per heavy atom. The van der Waals surface area contributed by atoms with E-state index in [2.05, 4.69) is 15.2 Å². The predicted octanol–water partition coefficient (Wildman–Crippen LogP) is 1.21. The molecule has 2 amide bonds. The molecule has 1 aliphatic heterocycles. The molecule has 29 heavy (non-hydrogen) atoms. The van der Waals surface area contributed by atoms with E-state index in [0.717, 1.165) is 5.56 Å². The van der Waals surface area contributed by atoms with Gasteiger partial charge in [0.15, 0.2) is 5.82 Å². The number of hydrogen-bond donors (Lipinski definition) is 0. The SMILES string of the molecule is Cc1noc(CC2C(=O)N(Cc3ccccc3)CCN2C(=O)c2ccn(C)n2)n1. The topological polar surface area (TPSA) is 97.4 Å². The monoisotopic (exact) mass is 394 g/mol. The maximum absolute atomic E-state index is 13.3. The Morgan fingerprint density at radius 1 is 1.21 bits per heavy atom. The molecule has 150 valence electrons. The first-order chi connectivity index (χ1) is 14.0. The van der Waals surface area contributed by atoms with Gasteiger partial charge in [-0.05, 0) is 18.6 Å². The molecule has 1 fully saturated rings. The number of benzene rings is 1. The summed E-state index contributed by atoms with van der Waals surface area (Å²) in [6.07, 6.45) is 1.88. The van der Waals surface area contributed by atoms with Crippen molar-refractivity contribution in [2.45, 2.75) is 25.9 Å². The first-order valence-corrected chi connectivity index (χ1v) is 9.44. The van der Waals surface area contributed by atoms with Crippen LogP contribution in [-0.4, -0.2) is 60.7 Å². The maximum atomic E-state index is 13.3. The van der Waals surface area contributed by atoms with Gasteiger partial charge in [0.1, 0.15) is 11.7 Å². The number of rotatable bonds is 5. The molecule has 3 aromatic rings. The number of hydrogen-bond acceptors (Lipinski definition) is 6. The molecule has 9 heteroatoms.